The number of hydrogen-bond donors (Lipinski definition) is 1. The topological polar surface area (TPSA) is 46.5 Å². The Bertz CT molecular complexity index is 429. The molecular formula is C20H32O3. The van der Waals surface area contributed by atoms with Crippen molar-refractivity contribution in [1.82, 2.24) is 0 Å². The van der Waals surface area contributed by atoms with Gasteiger partial charge in [0.1, 0.15) is 5.75 Å². The Hall–Kier alpha value is -1.51. The standard InChI is InChI=1S/C20H32O3/c1-2-3-4-5-6-7-8-9-10-15-20(22)23-17-16-18-13-11-12-14-19(18)21/h11-14,21H,2-10,15-17H2,1H3. The van der Waals surface area contributed by atoms with Gasteiger partial charge in [-0.15, -0.1) is 0 Å². The lowest BCUT2D eigenvalue weighted by atomic mass is 10.1. The summed E-state index contributed by atoms with van der Waals surface area (Å²) in [5.74, 6) is 0.144. The molecule has 130 valence electrons. The molecule has 0 saturated carbocycles. The molecule has 0 aliphatic rings. The smallest absolute Gasteiger partial charge is 0.305 e. The van der Waals surface area contributed by atoms with Crippen LogP contribution in [0.1, 0.15) is 76.7 Å². The Kier molecular flexibility index (Phi) is 11.0. The maximum Gasteiger partial charge on any atom is 0.305 e. The summed E-state index contributed by atoms with van der Waals surface area (Å²) in [7, 11) is 0. The third-order valence-corrected chi connectivity index (χ3v) is 4.11. The van der Waals surface area contributed by atoms with Gasteiger partial charge in [-0.05, 0) is 18.1 Å². The predicted molar refractivity (Wildman–Crippen MR) is 94.6 cm³/mol. The molecule has 0 amide bonds. The van der Waals surface area contributed by atoms with Crippen molar-refractivity contribution in [3.63, 3.8) is 0 Å². The number of carbonyl (C=O) groups is 1. The molecule has 0 unspecified atom stereocenters. The second-order valence-corrected chi connectivity index (χ2v) is 6.18. The molecule has 0 spiro atoms. The molecule has 1 aromatic rings. The highest BCUT2D eigenvalue weighted by Gasteiger charge is 2.04. The highest BCUT2D eigenvalue weighted by Crippen LogP contribution is 2.16. The third-order valence-electron chi connectivity index (χ3n) is 4.11. The van der Waals surface area contributed by atoms with Crippen LogP contribution in [0.3, 0.4) is 0 Å². The number of esters is 1. The zero-order valence-corrected chi connectivity index (χ0v) is 14.6. The van der Waals surface area contributed by atoms with E-state index in [1.807, 2.05) is 12.1 Å². The highest BCUT2D eigenvalue weighted by molar-refractivity contribution is 5.69. The van der Waals surface area contributed by atoms with Crippen molar-refractivity contribution in [3.05, 3.63) is 29.8 Å². The van der Waals surface area contributed by atoms with Gasteiger partial charge in [0.2, 0.25) is 0 Å². The van der Waals surface area contributed by atoms with Crippen LogP contribution in [0.5, 0.6) is 5.75 Å². The van der Waals surface area contributed by atoms with Gasteiger partial charge >= 0.3 is 5.97 Å². The molecule has 0 radical (unpaired) electrons. The minimum Gasteiger partial charge on any atom is -0.508 e. The van der Waals surface area contributed by atoms with E-state index in [0.29, 0.717) is 19.4 Å². The molecule has 0 aliphatic carbocycles. The molecule has 23 heavy (non-hydrogen) atoms. The number of phenolic OH excluding ortho intramolecular Hbond substituents is 1. The number of carbonyl (C=O) groups excluding carboxylic acids is 1. The zero-order chi connectivity index (χ0) is 16.8. The first-order valence-corrected chi connectivity index (χ1v) is 9.16. The molecule has 0 heterocycles. The van der Waals surface area contributed by atoms with Gasteiger partial charge < -0.3 is 9.84 Å². The fourth-order valence-corrected chi connectivity index (χ4v) is 2.65. The fourth-order valence-electron chi connectivity index (χ4n) is 2.65. The molecule has 0 aliphatic heterocycles. The number of aromatic hydroxyl groups is 1. The molecule has 1 aromatic carbocycles. The minimum atomic E-state index is -0.122. The van der Waals surface area contributed by atoms with Gasteiger partial charge in [-0.3, -0.25) is 4.79 Å². The van der Waals surface area contributed by atoms with Crippen LogP contribution in [0, 0.1) is 0 Å². The molecule has 0 atom stereocenters. The van der Waals surface area contributed by atoms with Gasteiger partial charge in [0, 0.05) is 12.8 Å². The SMILES string of the molecule is CCCCCCCCCCCC(=O)OCCc1ccccc1O. The quantitative estimate of drug-likeness (QED) is 0.391. The third kappa shape index (κ3) is 9.98. The molecule has 1 N–H and O–H groups in total. The summed E-state index contributed by atoms with van der Waals surface area (Å²) in [4.78, 5) is 11.6. The van der Waals surface area contributed by atoms with Crippen LogP contribution in [0.15, 0.2) is 24.3 Å². The van der Waals surface area contributed by atoms with Crippen molar-refractivity contribution < 1.29 is 14.6 Å². The second kappa shape index (κ2) is 13.0. The fraction of sp³-hybridized carbons (Fsp3) is 0.650. The second-order valence-electron chi connectivity index (χ2n) is 6.18. The van der Waals surface area contributed by atoms with Crippen LogP contribution < -0.4 is 0 Å². The predicted octanol–water partition coefficient (Wildman–Crippen LogP) is 5.40. The maximum atomic E-state index is 11.6. The van der Waals surface area contributed by atoms with Crippen LogP contribution >= 0.6 is 0 Å². The zero-order valence-electron chi connectivity index (χ0n) is 14.6. The lowest BCUT2D eigenvalue weighted by molar-refractivity contribution is -0.143. The summed E-state index contributed by atoms with van der Waals surface area (Å²) in [6.07, 6.45) is 12.3. The Morgan fingerprint density at radius 1 is 0.957 bits per heavy atom. The number of ether oxygens (including phenoxy) is 1. The first-order chi connectivity index (χ1) is 11.2. The Morgan fingerprint density at radius 3 is 2.22 bits per heavy atom. The van der Waals surface area contributed by atoms with Gasteiger partial charge in [-0.1, -0.05) is 76.5 Å². The average Bonchev–Trinajstić information content (AvgIpc) is 2.55. The highest BCUT2D eigenvalue weighted by atomic mass is 16.5. The van der Waals surface area contributed by atoms with Crippen molar-refractivity contribution in [1.29, 1.82) is 0 Å². The number of unbranched alkanes of at least 4 members (excludes halogenated alkanes) is 8. The maximum absolute atomic E-state index is 11.6. The molecule has 3 heteroatoms. The van der Waals surface area contributed by atoms with Gasteiger partial charge in [0.15, 0.2) is 0 Å². The number of benzene rings is 1. The summed E-state index contributed by atoms with van der Waals surface area (Å²) < 4.78 is 5.22. The van der Waals surface area contributed by atoms with Gasteiger partial charge in [0.05, 0.1) is 6.61 Å². The van der Waals surface area contributed by atoms with E-state index in [-0.39, 0.29) is 11.7 Å². The molecule has 1 rings (SSSR count). The van der Waals surface area contributed by atoms with Crippen LogP contribution in [0.2, 0.25) is 0 Å². The Balaban J connectivity index is 1.93. The lowest BCUT2D eigenvalue weighted by Gasteiger charge is -2.06. The monoisotopic (exact) mass is 320 g/mol. The van der Waals surface area contributed by atoms with Crippen molar-refractivity contribution >= 4 is 5.97 Å². The molecule has 0 saturated heterocycles. The van der Waals surface area contributed by atoms with Crippen molar-refractivity contribution in [2.75, 3.05) is 6.61 Å². The van der Waals surface area contributed by atoms with E-state index in [2.05, 4.69) is 6.92 Å². The normalized spacial score (nSPS) is 10.7. The van der Waals surface area contributed by atoms with E-state index in [0.717, 1.165) is 18.4 Å². The molecule has 0 bridgehead atoms. The van der Waals surface area contributed by atoms with E-state index < -0.39 is 0 Å². The molecular weight excluding hydrogens is 288 g/mol. The van der Waals surface area contributed by atoms with Crippen molar-refractivity contribution in [2.24, 2.45) is 0 Å². The Morgan fingerprint density at radius 2 is 1.57 bits per heavy atom. The minimum absolute atomic E-state index is 0.122. The van der Waals surface area contributed by atoms with Crippen LogP contribution in [-0.2, 0) is 16.0 Å². The average molecular weight is 320 g/mol. The van der Waals surface area contributed by atoms with E-state index in [4.69, 9.17) is 4.74 Å². The van der Waals surface area contributed by atoms with Crippen LogP contribution in [0.4, 0.5) is 0 Å². The number of phenols is 1. The first-order valence-electron chi connectivity index (χ1n) is 9.16. The number of para-hydroxylation sites is 1. The van der Waals surface area contributed by atoms with E-state index in [1.54, 1.807) is 12.1 Å². The molecule has 3 nitrogen and oxygen atoms in total. The molecule has 0 aromatic heterocycles. The van der Waals surface area contributed by atoms with Gasteiger partial charge in [-0.25, -0.2) is 0 Å². The van der Waals surface area contributed by atoms with E-state index >= 15 is 0 Å². The van der Waals surface area contributed by atoms with Crippen molar-refractivity contribution in [2.45, 2.75) is 77.6 Å². The van der Waals surface area contributed by atoms with Crippen LogP contribution in [-0.4, -0.2) is 17.7 Å². The summed E-state index contributed by atoms with van der Waals surface area (Å²) >= 11 is 0. The number of hydrogen-bond acceptors (Lipinski definition) is 3. The number of rotatable bonds is 13. The van der Waals surface area contributed by atoms with Gasteiger partial charge in [0.25, 0.3) is 0 Å². The van der Waals surface area contributed by atoms with Crippen LogP contribution in [0.25, 0.3) is 0 Å². The lowest BCUT2D eigenvalue weighted by Crippen LogP contribution is -2.07. The van der Waals surface area contributed by atoms with E-state index in [1.165, 1.54) is 44.9 Å². The summed E-state index contributed by atoms with van der Waals surface area (Å²) in [5, 5.41) is 9.63. The summed E-state index contributed by atoms with van der Waals surface area (Å²) in [6, 6.07) is 7.16. The first kappa shape index (κ1) is 19.5. The summed E-state index contributed by atoms with van der Waals surface area (Å²) in [5.41, 5.74) is 0.823. The Labute approximate surface area is 141 Å². The van der Waals surface area contributed by atoms with Gasteiger partial charge in [-0.2, -0.15) is 0 Å². The summed E-state index contributed by atoms with van der Waals surface area (Å²) in [6.45, 7) is 2.58. The largest absolute Gasteiger partial charge is 0.508 e. The van der Waals surface area contributed by atoms with Crippen molar-refractivity contribution in [3.8, 4) is 5.75 Å². The molecule has 0 fully saturated rings. The van der Waals surface area contributed by atoms with E-state index in [9.17, 15) is 9.90 Å².